The summed E-state index contributed by atoms with van der Waals surface area (Å²) in [6.45, 7) is 2.89. The third-order valence-corrected chi connectivity index (χ3v) is 6.22. The van der Waals surface area contributed by atoms with Crippen LogP contribution in [-0.2, 0) is 21.4 Å². The second-order valence-corrected chi connectivity index (χ2v) is 9.32. The lowest BCUT2D eigenvalue weighted by Gasteiger charge is -2.27. The van der Waals surface area contributed by atoms with E-state index in [-0.39, 0.29) is 10.8 Å². The predicted molar refractivity (Wildman–Crippen MR) is 116 cm³/mol. The molecule has 1 N–H and O–H groups in total. The maximum Gasteiger partial charge on any atom is 0.241 e. The van der Waals surface area contributed by atoms with Crippen LogP contribution in [0.3, 0.4) is 0 Å². The Morgan fingerprint density at radius 3 is 2.23 bits per heavy atom. The van der Waals surface area contributed by atoms with Crippen LogP contribution in [0.4, 0.5) is 0 Å². The summed E-state index contributed by atoms with van der Waals surface area (Å²) >= 11 is 5.82. The van der Waals surface area contributed by atoms with E-state index in [1.807, 2.05) is 19.0 Å². The molecule has 0 heterocycles. The van der Waals surface area contributed by atoms with Crippen LogP contribution in [0.25, 0.3) is 0 Å². The van der Waals surface area contributed by atoms with Crippen molar-refractivity contribution >= 4 is 27.5 Å². The molecule has 0 unspecified atom stereocenters. The molecular formula is C21H25ClN4O3S. The minimum Gasteiger partial charge on any atom is -0.336 e. The van der Waals surface area contributed by atoms with E-state index >= 15 is 0 Å². The van der Waals surface area contributed by atoms with Crippen molar-refractivity contribution in [2.24, 2.45) is 0 Å². The lowest BCUT2D eigenvalue weighted by Crippen LogP contribution is -2.48. The maximum atomic E-state index is 13.1. The van der Waals surface area contributed by atoms with Gasteiger partial charge in [0.1, 0.15) is 0 Å². The van der Waals surface area contributed by atoms with Gasteiger partial charge >= 0.3 is 0 Å². The molecule has 160 valence electrons. The van der Waals surface area contributed by atoms with Gasteiger partial charge in [-0.05, 0) is 63.0 Å². The Kier molecular flexibility index (Phi) is 8.38. The minimum absolute atomic E-state index is 0.0403. The normalized spacial score (nSPS) is 12.4. The number of benzene rings is 2. The van der Waals surface area contributed by atoms with Crippen molar-refractivity contribution in [2.75, 3.05) is 27.2 Å². The quantitative estimate of drug-likeness (QED) is 0.636. The number of nitrogens with one attached hydrogen (secondary N) is 1. The Labute approximate surface area is 182 Å². The van der Waals surface area contributed by atoms with Crippen LogP contribution < -0.4 is 4.72 Å². The van der Waals surface area contributed by atoms with Crippen LogP contribution >= 0.6 is 11.6 Å². The molecule has 2 aromatic carbocycles. The molecule has 1 amide bonds. The van der Waals surface area contributed by atoms with Crippen LogP contribution in [0.2, 0.25) is 5.02 Å². The van der Waals surface area contributed by atoms with E-state index in [9.17, 15) is 13.2 Å². The number of nitriles is 1. The monoisotopic (exact) mass is 448 g/mol. The maximum absolute atomic E-state index is 13.1. The number of hydrogen-bond acceptors (Lipinski definition) is 5. The fourth-order valence-corrected chi connectivity index (χ4v) is 4.05. The molecule has 0 spiro atoms. The molecular weight excluding hydrogens is 424 g/mol. The molecule has 2 rings (SSSR count). The van der Waals surface area contributed by atoms with E-state index in [4.69, 9.17) is 16.9 Å². The first-order valence-electron chi connectivity index (χ1n) is 9.33. The van der Waals surface area contributed by atoms with Gasteiger partial charge in [0.25, 0.3) is 0 Å². The standard InChI is InChI=1S/C21H25ClN4O3S/c1-16(24-30(28,29)20-10-8-19(22)9-11-20)21(27)26(13-12-25(2)3)15-18-6-4-17(14-23)5-7-18/h4-11,16,24H,12-13,15H2,1-3H3/t16-/m0/s1. The summed E-state index contributed by atoms with van der Waals surface area (Å²) in [5, 5.41) is 9.37. The van der Waals surface area contributed by atoms with E-state index in [0.29, 0.717) is 30.2 Å². The zero-order valence-electron chi connectivity index (χ0n) is 17.2. The highest BCUT2D eigenvalue weighted by molar-refractivity contribution is 7.89. The van der Waals surface area contributed by atoms with Crippen molar-refractivity contribution in [2.45, 2.75) is 24.4 Å². The highest BCUT2D eigenvalue weighted by atomic mass is 35.5. The summed E-state index contributed by atoms with van der Waals surface area (Å²) in [6.07, 6.45) is 0. The van der Waals surface area contributed by atoms with Gasteiger partial charge in [0.15, 0.2) is 0 Å². The summed E-state index contributed by atoms with van der Waals surface area (Å²) in [5.41, 5.74) is 1.39. The molecule has 0 fully saturated rings. The highest BCUT2D eigenvalue weighted by Crippen LogP contribution is 2.15. The number of sulfonamides is 1. The number of carbonyl (C=O) groups excluding carboxylic acids is 1. The Balaban J connectivity index is 2.16. The molecule has 7 nitrogen and oxygen atoms in total. The summed E-state index contributed by atoms with van der Waals surface area (Å²) < 4.78 is 27.7. The van der Waals surface area contributed by atoms with Crippen LogP contribution in [0, 0.1) is 11.3 Å². The SMILES string of the molecule is C[C@H](NS(=O)(=O)c1ccc(Cl)cc1)C(=O)N(CCN(C)C)Cc1ccc(C#N)cc1. The summed E-state index contributed by atoms with van der Waals surface area (Å²) in [4.78, 5) is 16.6. The summed E-state index contributed by atoms with van der Waals surface area (Å²) in [6, 6.07) is 13.8. The molecule has 0 bridgehead atoms. The molecule has 1 atom stereocenters. The van der Waals surface area contributed by atoms with Crippen molar-refractivity contribution in [3.63, 3.8) is 0 Å². The van der Waals surface area contributed by atoms with Crippen LogP contribution in [0.1, 0.15) is 18.1 Å². The van der Waals surface area contributed by atoms with E-state index in [0.717, 1.165) is 5.56 Å². The molecule has 0 saturated carbocycles. The molecule has 0 aliphatic heterocycles. The first-order valence-corrected chi connectivity index (χ1v) is 11.2. The fourth-order valence-electron chi connectivity index (χ4n) is 2.73. The average Bonchev–Trinajstić information content (AvgIpc) is 2.70. The Morgan fingerprint density at radius 2 is 1.70 bits per heavy atom. The number of amides is 1. The minimum atomic E-state index is -3.87. The molecule has 9 heteroatoms. The number of carbonyl (C=O) groups is 1. The molecule has 0 radical (unpaired) electrons. The van der Waals surface area contributed by atoms with Gasteiger partial charge < -0.3 is 9.80 Å². The zero-order valence-corrected chi connectivity index (χ0v) is 18.7. The van der Waals surface area contributed by atoms with Crippen molar-refractivity contribution in [3.05, 3.63) is 64.7 Å². The first-order chi connectivity index (χ1) is 14.1. The molecule has 0 saturated heterocycles. The van der Waals surface area contributed by atoms with Crippen LogP contribution in [0.15, 0.2) is 53.4 Å². The van der Waals surface area contributed by atoms with Gasteiger partial charge in [-0.1, -0.05) is 23.7 Å². The first kappa shape index (κ1) is 23.8. The van der Waals surface area contributed by atoms with Crippen molar-refractivity contribution in [3.8, 4) is 6.07 Å². The van der Waals surface area contributed by atoms with Crippen LogP contribution in [-0.4, -0.2) is 57.4 Å². The molecule has 0 aliphatic carbocycles. The lowest BCUT2D eigenvalue weighted by molar-refractivity contribution is -0.133. The average molecular weight is 449 g/mol. The smallest absolute Gasteiger partial charge is 0.241 e. The second kappa shape index (κ2) is 10.5. The van der Waals surface area contributed by atoms with Crippen LogP contribution in [0.5, 0.6) is 0 Å². The lowest BCUT2D eigenvalue weighted by atomic mass is 10.1. The van der Waals surface area contributed by atoms with Crippen molar-refractivity contribution < 1.29 is 13.2 Å². The Hall–Kier alpha value is -2.44. The van der Waals surface area contributed by atoms with Gasteiger partial charge in [-0.15, -0.1) is 0 Å². The molecule has 2 aromatic rings. The zero-order chi connectivity index (χ0) is 22.3. The number of rotatable bonds is 9. The second-order valence-electron chi connectivity index (χ2n) is 7.17. The van der Waals surface area contributed by atoms with Gasteiger partial charge in [0, 0.05) is 24.7 Å². The third-order valence-electron chi connectivity index (χ3n) is 4.41. The predicted octanol–water partition coefficient (Wildman–Crippen LogP) is 2.47. The third kappa shape index (κ3) is 6.82. The number of likely N-dealkylation sites (N-methyl/N-ethyl adjacent to an activating group) is 1. The van der Waals surface area contributed by atoms with Crippen molar-refractivity contribution in [1.82, 2.24) is 14.5 Å². The topological polar surface area (TPSA) is 93.5 Å². The fraction of sp³-hybridized carbons (Fsp3) is 0.333. The number of hydrogen-bond donors (Lipinski definition) is 1. The summed E-state index contributed by atoms with van der Waals surface area (Å²) in [5.74, 6) is -0.334. The van der Waals surface area contributed by atoms with E-state index in [1.54, 1.807) is 29.2 Å². The van der Waals surface area contributed by atoms with E-state index in [2.05, 4.69) is 10.8 Å². The Bertz CT molecular complexity index is 1000. The van der Waals surface area contributed by atoms with Gasteiger partial charge in [-0.2, -0.15) is 9.98 Å². The van der Waals surface area contributed by atoms with Gasteiger partial charge in [0.05, 0.1) is 22.6 Å². The molecule has 0 aromatic heterocycles. The van der Waals surface area contributed by atoms with Gasteiger partial charge in [-0.3, -0.25) is 4.79 Å². The number of halogens is 1. The summed E-state index contributed by atoms with van der Waals surface area (Å²) in [7, 11) is -0.0709. The largest absolute Gasteiger partial charge is 0.336 e. The van der Waals surface area contributed by atoms with E-state index < -0.39 is 16.1 Å². The molecule has 30 heavy (non-hydrogen) atoms. The Morgan fingerprint density at radius 1 is 1.10 bits per heavy atom. The van der Waals surface area contributed by atoms with Gasteiger partial charge in [0.2, 0.25) is 15.9 Å². The van der Waals surface area contributed by atoms with E-state index in [1.165, 1.54) is 31.2 Å². The number of nitrogens with zero attached hydrogens (tertiary/aromatic N) is 3. The van der Waals surface area contributed by atoms with Crippen molar-refractivity contribution in [1.29, 1.82) is 5.26 Å². The highest BCUT2D eigenvalue weighted by Gasteiger charge is 2.26. The molecule has 0 aliphatic rings. The van der Waals surface area contributed by atoms with Gasteiger partial charge in [-0.25, -0.2) is 8.42 Å².